The molecule has 2 fully saturated rings. The van der Waals surface area contributed by atoms with Crippen molar-refractivity contribution < 1.29 is 4.52 Å². The van der Waals surface area contributed by atoms with Crippen LogP contribution in [0.2, 0.25) is 0 Å². The second kappa shape index (κ2) is 11.5. The van der Waals surface area contributed by atoms with E-state index in [1.54, 1.807) is 0 Å². The molecule has 0 amide bonds. The molecule has 0 bridgehead atoms. The summed E-state index contributed by atoms with van der Waals surface area (Å²) in [4.78, 5) is 29.6. The van der Waals surface area contributed by atoms with Gasteiger partial charge < -0.3 is 9.88 Å². The zero-order valence-corrected chi connectivity index (χ0v) is 24.7. The molecule has 0 radical (unpaired) electrons. The van der Waals surface area contributed by atoms with Gasteiger partial charge in [-0.15, -0.1) is 0 Å². The molecule has 4 aromatic rings. The van der Waals surface area contributed by atoms with Gasteiger partial charge in [-0.05, 0) is 92.8 Å². The largest absolute Gasteiger partial charge is 0.439 e. The molecule has 7 rings (SSSR count). The molecule has 3 aromatic heterocycles. The molecule has 0 saturated heterocycles. The Hall–Kier alpha value is -3.75. The molecule has 9 nitrogen and oxygen atoms in total. The van der Waals surface area contributed by atoms with Gasteiger partial charge >= 0.3 is 5.76 Å². The van der Waals surface area contributed by atoms with Crippen LogP contribution in [0, 0.1) is 17.8 Å². The molecule has 0 unspecified atom stereocenters. The van der Waals surface area contributed by atoms with Crippen LogP contribution in [0.15, 0.2) is 39.6 Å². The molecule has 2 saturated carbocycles. The van der Waals surface area contributed by atoms with Crippen LogP contribution < -0.4 is 11.1 Å². The van der Waals surface area contributed by atoms with Crippen LogP contribution in [0.25, 0.3) is 34.0 Å². The average Bonchev–Trinajstić information content (AvgIpc) is 3.57. The lowest BCUT2D eigenvalue weighted by molar-refractivity contribution is 0.266. The zero-order valence-electron chi connectivity index (χ0n) is 24.7. The molecule has 1 atom stereocenters. The number of nitrogens with zero attached hydrogens (tertiary/aromatic N) is 5. The first kappa shape index (κ1) is 27.1. The lowest BCUT2D eigenvalue weighted by Gasteiger charge is -2.32. The van der Waals surface area contributed by atoms with Gasteiger partial charge in [-0.25, -0.2) is 19.7 Å². The van der Waals surface area contributed by atoms with Crippen molar-refractivity contribution in [3.8, 4) is 11.6 Å². The highest BCUT2D eigenvalue weighted by Crippen LogP contribution is 2.41. The molecule has 42 heavy (non-hydrogen) atoms. The molecule has 0 aliphatic heterocycles. The van der Waals surface area contributed by atoms with Crippen molar-refractivity contribution in [1.82, 2.24) is 29.7 Å². The number of imidazole rings is 1. The van der Waals surface area contributed by atoms with Crippen molar-refractivity contribution in [1.29, 1.82) is 0 Å². The van der Waals surface area contributed by atoms with Gasteiger partial charge in [0.05, 0.1) is 0 Å². The van der Waals surface area contributed by atoms with Crippen molar-refractivity contribution in [3.05, 3.63) is 52.3 Å². The summed E-state index contributed by atoms with van der Waals surface area (Å²) in [6.45, 7) is 5.53. The normalized spacial score (nSPS) is 22.3. The van der Waals surface area contributed by atoms with E-state index in [1.807, 2.05) is 0 Å². The van der Waals surface area contributed by atoms with E-state index in [0.29, 0.717) is 23.3 Å². The molecule has 2 N–H and O–H groups in total. The van der Waals surface area contributed by atoms with E-state index in [0.717, 1.165) is 48.9 Å². The maximum absolute atomic E-state index is 11.8. The number of benzene rings is 1. The SMILES string of the molecule is C[C@@H](Nc1nc(-c2noc(=O)[nH]2)nc2nc(C3=C(c4ccccc4)CCCC3)n(C[C@H]3CC[C@H](C)CC3)c12)C1CCC1. The standard InChI is InChI=1S/C33H41N7O2/c1-20-15-17-22(18-16-20)19-40-27-28(34-21(2)23-11-8-12-23)35-30(31-38-33(41)42-39-31)36-29(27)37-32(40)26-14-7-6-13-25(26)24-9-4-3-5-10-24/h3-5,9-10,20-23H,6-8,11-19H2,1-2H3,(H,34,35,36)(H,38,39,41)/t20-,21-,22-/m1/s1. The molecule has 220 valence electrons. The Morgan fingerprint density at radius 1 is 0.976 bits per heavy atom. The minimum atomic E-state index is -0.622. The van der Waals surface area contributed by atoms with Crippen LogP contribution >= 0.6 is 0 Å². The van der Waals surface area contributed by atoms with Gasteiger partial charge in [0, 0.05) is 12.6 Å². The fourth-order valence-electron chi connectivity index (χ4n) is 7.13. The highest BCUT2D eigenvalue weighted by Gasteiger charge is 2.30. The van der Waals surface area contributed by atoms with Crippen molar-refractivity contribution in [2.24, 2.45) is 17.8 Å². The van der Waals surface area contributed by atoms with Crippen LogP contribution in [0.5, 0.6) is 0 Å². The molecule has 0 spiro atoms. The third-order valence-electron chi connectivity index (χ3n) is 9.91. The van der Waals surface area contributed by atoms with Crippen molar-refractivity contribution in [3.63, 3.8) is 0 Å². The maximum Gasteiger partial charge on any atom is 0.439 e. The van der Waals surface area contributed by atoms with Crippen LogP contribution in [-0.4, -0.2) is 35.7 Å². The van der Waals surface area contributed by atoms with Crippen LogP contribution in [0.4, 0.5) is 5.82 Å². The maximum atomic E-state index is 11.8. The second-order valence-corrected chi connectivity index (χ2v) is 12.8. The average molecular weight is 568 g/mol. The van der Waals surface area contributed by atoms with E-state index >= 15 is 0 Å². The number of hydrogen-bond acceptors (Lipinski definition) is 7. The predicted molar refractivity (Wildman–Crippen MR) is 165 cm³/mol. The number of H-pyrrole nitrogens is 1. The molecule has 1 aromatic carbocycles. The first-order chi connectivity index (χ1) is 20.5. The van der Waals surface area contributed by atoms with Crippen molar-refractivity contribution >= 4 is 28.1 Å². The third-order valence-corrected chi connectivity index (χ3v) is 9.91. The van der Waals surface area contributed by atoms with Gasteiger partial charge in [-0.3, -0.25) is 9.51 Å². The predicted octanol–water partition coefficient (Wildman–Crippen LogP) is 7.08. The molecule has 9 heteroatoms. The first-order valence-corrected chi connectivity index (χ1v) is 15.9. The second-order valence-electron chi connectivity index (χ2n) is 12.8. The lowest BCUT2D eigenvalue weighted by Crippen LogP contribution is -2.31. The number of anilines is 1. The first-order valence-electron chi connectivity index (χ1n) is 15.9. The third kappa shape index (κ3) is 5.29. The number of allylic oxidation sites excluding steroid dienone is 2. The van der Waals surface area contributed by atoms with E-state index < -0.39 is 5.76 Å². The van der Waals surface area contributed by atoms with Crippen molar-refractivity contribution in [2.45, 2.75) is 97.1 Å². The van der Waals surface area contributed by atoms with Gasteiger partial charge in [-0.2, -0.15) is 0 Å². The van der Waals surface area contributed by atoms with E-state index in [1.165, 1.54) is 68.1 Å². The van der Waals surface area contributed by atoms with E-state index in [-0.39, 0.29) is 11.9 Å². The van der Waals surface area contributed by atoms with Gasteiger partial charge in [0.25, 0.3) is 0 Å². The fourth-order valence-corrected chi connectivity index (χ4v) is 7.13. The van der Waals surface area contributed by atoms with Crippen LogP contribution in [0.1, 0.15) is 95.9 Å². The minimum Gasteiger partial charge on any atom is -0.365 e. The van der Waals surface area contributed by atoms with Crippen LogP contribution in [-0.2, 0) is 6.54 Å². The van der Waals surface area contributed by atoms with E-state index in [2.05, 4.69) is 64.2 Å². The summed E-state index contributed by atoms with van der Waals surface area (Å²) < 4.78 is 7.25. The Kier molecular flexibility index (Phi) is 7.42. The summed E-state index contributed by atoms with van der Waals surface area (Å²) in [5.74, 6) is 3.70. The summed E-state index contributed by atoms with van der Waals surface area (Å²) >= 11 is 0. The summed E-state index contributed by atoms with van der Waals surface area (Å²) in [6, 6.07) is 11.0. The Labute approximate surface area is 246 Å². The topological polar surface area (TPSA) is 115 Å². The lowest BCUT2D eigenvalue weighted by atomic mass is 9.80. The number of nitrogens with one attached hydrogen (secondary N) is 2. The Bertz CT molecular complexity index is 1640. The summed E-state index contributed by atoms with van der Waals surface area (Å²) in [7, 11) is 0. The molecular formula is C33H41N7O2. The number of fused-ring (bicyclic) bond motifs is 1. The molecular weight excluding hydrogens is 526 g/mol. The molecule has 3 aliphatic rings. The minimum absolute atomic E-state index is 0.223. The highest BCUT2D eigenvalue weighted by atomic mass is 16.5. The number of rotatable bonds is 8. The van der Waals surface area contributed by atoms with Gasteiger partial charge in [-0.1, -0.05) is 61.7 Å². The number of hydrogen-bond donors (Lipinski definition) is 2. The molecule has 3 heterocycles. The highest BCUT2D eigenvalue weighted by molar-refractivity contribution is 5.94. The van der Waals surface area contributed by atoms with Gasteiger partial charge in [0.1, 0.15) is 11.3 Å². The monoisotopic (exact) mass is 567 g/mol. The van der Waals surface area contributed by atoms with Crippen molar-refractivity contribution in [2.75, 3.05) is 5.32 Å². The Balaban J connectivity index is 1.42. The number of aromatic nitrogens is 6. The van der Waals surface area contributed by atoms with E-state index in [9.17, 15) is 4.79 Å². The Morgan fingerprint density at radius 2 is 1.74 bits per heavy atom. The van der Waals surface area contributed by atoms with Crippen LogP contribution in [0.3, 0.4) is 0 Å². The quantitative estimate of drug-likeness (QED) is 0.234. The summed E-state index contributed by atoms with van der Waals surface area (Å²) in [5.41, 5.74) is 5.58. The van der Waals surface area contributed by atoms with Gasteiger partial charge in [0.15, 0.2) is 11.5 Å². The fraction of sp³-hybridized carbons (Fsp3) is 0.545. The van der Waals surface area contributed by atoms with E-state index in [4.69, 9.17) is 19.5 Å². The summed E-state index contributed by atoms with van der Waals surface area (Å²) in [6.07, 6.45) is 13.1. The summed E-state index contributed by atoms with van der Waals surface area (Å²) in [5, 5.41) is 7.68. The number of aromatic amines is 1. The Morgan fingerprint density at radius 3 is 2.43 bits per heavy atom. The smallest absolute Gasteiger partial charge is 0.365 e. The molecule has 3 aliphatic carbocycles. The zero-order chi connectivity index (χ0) is 28.6. The van der Waals surface area contributed by atoms with Gasteiger partial charge in [0.2, 0.25) is 11.6 Å².